The van der Waals surface area contributed by atoms with E-state index in [4.69, 9.17) is 0 Å². The third kappa shape index (κ3) is 4.75. The predicted octanol–water partition coefficient (Wildman–Crippen LogP) is 3.23. The molecule has 1 unspecified atom stereocenters. The maximum absolute atomic E-state index is 13.3. The Morgan fingerprint density at radius 3 is 2.49 bits per heavy atom. The molecular formula is C24H21F3N4O4. The van der Waals surface area contributed by atoms with Gasteiger partial charge in [0, 0.05) is 24.1 Å². The molecule has 1 aromatic heterocycles. The van der Waals surface area contributed by atoms with Crippen LogP contribution in [0.1, 0.15) is 34.1 Å². The van der Waals surface area contributed by atoms with E-state index in [2.05, 4.69) is 10.4 Å². The lowest BCUT2D eigenvalue weighted by atomic mass is 9.97. The first-order valence-electron chi connectivity index (χ1n) is 10.8. The number of aliphatic carboxylic acids is 1. The normalized spacial score (nSPS) is 15.6. The molecule has 11 heteroatoms. The Kier molecular flexibility index (Phi) is 6.33. The van der Waals surface area contributed by atoms with Crippen LogP contribution < -0.4 is 10.2 Å². The standard InChI is InChI=1S/C24H21F3N4O4/c1-2-30-22-17(18(13-20(32)33)29-31(22)16-9-4-3-5-10-16)12-19(23(30)35)28-21(34)14-7-6-8-15(11-14)24(25,26)27/h3-11,19H,2,12-13H2,1H3,(H,28,34)(H,32,33). The van der Waals surface area contributed by atoms with Gasteiger partial charge >= 0.3 is 12.1 Å². The minimum absolute atomic E-state index is 0.0508. The summed E-state index contributed by atoms with van der Waals surface area (Å²) in [4.78, 5) is 38.9. The largest absolute Gasteiger partial charge is 0.481 e. The topological polar surface area (TPSA) is 105 Å². The van der Waals surface area contributed by atoms with E-state index >= 15 is 0 Å². The highest BCUT2D eigenvalue weighted by atomic mass is 19.4. The van der Waals surface area contributed by atoms with Crippen molar-refractivity contribution in [3.63, 3.8) is 0 Å². The van der Waals surface area contributed by atoms with Gasteiger partial charge in [0.1, 0.15) is 11.9 Å². The summed E-state index contributed by atoms with van der Waals surface area (Å²) < 4.78 is 40.7. The van der Waals surface area contributed by atoms with Crippen LogP contribution in [0.4, 0.5) is 19.0 Å². The maximum atomic E-state index is 13.3. The number of likely N-dealkylation sites (N-methyl/N-ethyl adjacent to an activating group) is 1. The van der Waals surface area contributed by atoms with Crippen LogP contribution in [0.2, 0.25) is 0 Å². The molecule has 0 bridgehead atoms. The number of para-hydroxylation sites is 1. The number of aromatic nitrogens is 2. The molecule has 182 valence electrons. The van der Waals surface area contributed by atoms with Crippen molar-refractivity contribution in [3.8, 4) is 5.69 Å². The summed E-state index contributed by atoms with van der Waals surface area (Å²) in [6.07, 6.45) is -5.07. The van der Waals surface area contributed by atoms with Gasteiger partial charge < -0.3 is 10.4 Å². The molecule has 2 N–H and O–H groups in total. The zero-order valence-corrected chi connectivity index (χ0v) is 18.5. The minimum Gasteiger partial charge on any atom is -0.481 e. The van der Waals surface area contributed by atoms with E-state index in [0.29, 0.717) is 17.1 Å². The van der Waals surface area contributed by atoms with E-state index in [-0.39, 0.29) is 24.2 Å². The van der Waals surface area contributed by atoms with Gasteiger partial charge in [-0.2, -0.15) is 18.3 Å². The van der Waals surface area contributed by atoms with Crippen LogP contribution in [0.25, 0.3) is 5.69 Å². The number of benzene rings is 2. The zero-order chi connectivity index (χ0) is 25.3. The molecule has 2 amide bonds. The van der Waals surface area contributed by atoms with E-state index in [0.717, 1.165) is 18.2 Å². The van der Waals surface area contributed by atoms with Gasteiger partial charge in [-0.15, -0.1) is 0 Å². The average molecular weight is 486 g/mol. The number of amides is 2. The number of carboxylic acids is 1. The highest BCUT2D eigenvalue weighted by Gasteiger charge is 2.39. The maximum Gasteiger partial charge on any atom is 0.416 e. The number of anilines is 1. The molecule has 1 atom stereocenters. The Morgan fingerprint density at radius 2 is 1.86 bits per heavy atom. The number of hydrogen-bond acceptors (Lipinski definition) is 4. The quantitative estimate of drug-likeness (QED) is 0.557. The average Bonchev–Trinajstić information content (AvgIpc) is 3.16. The van der Waals surface area contributed by atoms with Crippen molar-refractivity contribution in [2.24, 2.45) is 0 Å². The van der Waals surface area contributed by atoms with Gasteiger partial charge in [0.2, 0.25) is 0 Å². The molecule has 2 aromatic carbocycles. The summed E-state index contributed by atoms with van der Waals surface area (Å²) in [5.74, 6) is -2.02. The molecule has 0 spiro atoms. The fourth-order valence-electron chi connectivity index (χ4n) is 4.09. The molecule has 1 aliphatic rings. The molecule has 4 rings (SSSR count). The first-order chi connectivity index (χ1) is 16.6. The third-order valence-corrected chi connectivity index (χ3v) is 5.66. The lowest BCUT2D eigenvalue weighted by Crippen LogP contribution is -2.53. The fourth-order valence-corrected chi connectivity index (χ4v) is 4.09. The Balaban J connectivity index is 1.71. The van der Waals surface area contributed by atoms with Crippen LogP contribution in [0.3, 0.4) is 0 Å². The molecule has 1 aliphatic heterocycles. The summed E-state index contributed by atoms with van der Waals surface area (Å²) in [6, 6.07) is 11.7. The Labute approximate surface area is 198 Å². The van der Waals surface area contributed by atoms with Gasteiger partial charge in [-0.25, -0.2) is 4.68 Å². The van der Waals surface area contributed by atoms with Crippen LogP contribution in [0, 0.1) is 0 Å². The number of nitrogens with one attached hydrogen (secondary N) is 1. The SMILES string of the molecule is CCN1C(=O)C(NC(=O)c2cccc(C(F)(F)F)c2)Cc2c(CC(=O)O)nn(-c3ccccc3)c21. The number of halogens is 3. The lowest BCUT2D eigenvalue weighted by molar-refractivity contribution is -0.138. The second kappa shape index (κ2) is 9.24. The summed E-state index contributed by atoms with van der Waals surface area (Å²) in [5, 5.41) is 16.3. The number of rotatable bonds is 6. The van der Waals surface area contributed by atoms with Gasteiger partial charge in [-0.1, -0.05) is 24.3 Å². The first-order valence-corrected chi connectivity index (χ1v) is 10.8. The number of hydrogen-bond donors (Lipinski definition) is 2. The van der Waals surface area contributed by atoms with E-state index in [1.54, 1.807) is 37.3 Å². The predicted molar refractivity (Wildman–Crippen MR) is 119 cm³/mol. The van der Waals surface area contributed by atoms with Crippen molar-refractivity contribution in [3.05, 3.63) is 77.0 Å². The van der Waals surface area contributed by atoms with Crippen molar-refractivity contribution in [1.29, 1.82) is 0 Å². The van der Waals surface area contributed by atoms with E-state index < -0.39 is 42.0 Å². The monoisotopic (exact) mass is 486 g/mol. The lowest BCUT2D eigenvalue weighted by Gasteiger charge is -2.33. The van der Waals surface area contributed by atoms with Gasteiger partial charge in [0.25, 0.3) is 11.8 Å². The summed E-state index contributed by atoms with van der Waals surface area (Å²) in [6.45, 7) is 1.92. The zero-order valence-electron chi connectivity index (χ0n) is 18.5. The Bertz CT molecular complexity index is 1290. The van der Waals surface area contributed by atoms with Crippen LogP contribution in [-0.4, -0.2) is 45.3 Å². The number of nitrogens with zero attached hydrogens (tertiary/aromatic N) is 3. The number of carboxylic acid groups (broad SMARTS) is 1. The minimum atomic E-state index is -4.62. The number of carbonyl (C=O) groups is 3. The van der Waals surface area contributed by atoms with Crippen LogP contribution >= 0.6 is 0 Å². The second-order valence-electron chi connectivity index (χ2n) is 7.96. The molecule has 8 nitrogen and oxygen atoms in total. The van der Waals surface area contributed by atoms with Crippen LogP contribution in [-0.2, 0) is 28.6 Å². The summed E-state index contributed by atoms with van der Waals surface area (Å²) in [7, 11) is 0. The highest BCUT2D eigenvalue weighted by Crippen LogP contribution is 2.34. The van der Waals surface area contributed by atoms with E-state index in [1.807, 2.05) is 0 Å². The van der Waals surface area contributed by atoms with E-state index in [9.17, 15) is 32.7 Å². The van der Waals surface area contributed by atoms with Crippen LogP contribution in [0.15, 0.2) is 54.6 Å². The van der Waals surface area contributed by atoms with Crippen molar-refractivity contribution in [1.82, 2.24) is 15.1 Å². The van der Waals surface area contributed by atoms with Crippen molar-refractivity contribution in [2.75, 3.05) is 11.4 Å². The molecule has 3 aromatic rings. The highest BCUT2D eigenvalue weighted by molar-refractivity contribution is 6.04. The van der Waals surface area contributed by atoms with Crippen molar-refractivity contribution < 1.29 is 32.7 Å². The van der Waals surface area contributed by atoms with Gasteiger partial charge in [0.15, 0.2) is 0 Å². The second-order valence-corrected chi connectivity index (χ2v) is 7.96. The molecule has 0 saturated heterocycles. The van der Waals surface area contributed by atoms with Crippen LogP contribution in [0.5, 0.6) is 0 Å². The smallest absolute Gasteiger partial charge is 0.416 e. The third-order valence-electron chi connectivity index (χ3n) is 5.66. The van der Waals surface area contributed by atoms with Gasteiger partial charge in [0.05, 0.1) is 23.4 Å². The van der Waals surface area contributed by atoms with Gasteiger partial charge in [-0.3, -0.25) is 19.3 Å². The molecule has 35 heavy (non-hydrogen) atoms. The van der Waals surface area contributed by atoms with E-state index in [1.165, 1.54) is 15.6 Å². The molecule has 0 aliphatic carbocycles. The Hall–Kier alpha value is -4.15. The molecule has 2 heterocycles. The summed E-state index contributed by atoms with van der Waals surface area (Å²) in [5.41, 5.74) is 0.114. The Morgan fingerprint density at radius 1 is 1.14 bits per heavy atom. The first kappa shape index (κ1) is 24.0. The molecular weight excluding hydrogens is 465 g/mol. The fraction of sp³-hybridized carbons (Fsp3) is 0.250. The molecule has 0 saturated carbocycles. The summed E-state index contributed by atoms with van der Waals surface area (Å²) >= 11 is 0. The molecule has 0 fully saturated rings. The van der Waals surface area contributed by atoms with Gasteiger partial charge in [-0.05, 0) is 37.3 Å². The van der Waals surface area contributed by atoms with Crippen molar-refractivity contribution in [2.45, 2.75) is 32.0 Å². The van der Waals surface area contributed by atoms with Crippen molar-refractivity contribution >= 4 is 23.6 Å². The number of fused-ring (bicyclic) bond motifs is 1. The molecule has 0 radical (unpaired) electrons. The number of carbonyl (C=O) groups excluding carboxylic acids is 2. The number of alkyl halides is 3.